The van der Waals surface area contributed by atoms with Gasteiger partial charge in [-0.3, -0.25) is 4.79 Å². The average molecular weight is 410 g/mol. The van der Waals surface area contributed by atoms with E-state index < -0.39 is 0 Å². The Morgan fingerprint density at radius 2 is 1.90 bits per heavy atom. The molecule has 0 aliphatic carbocycles. The second-order valence-corrected chi connectivity index (χ2v) is 8.16. The Balaban J connectivity index is 1.71. The summed E-state index contributed by atoms with van der Waals surface area (Å²) in [5.41, 5.74) is 0.894. The van der Waals surface area contributed by atoms with Crippen molar-refractivity contribution in [1.82, 2.24) is 0 Å². The maximum Gasteiger partial charge on any atom is 0.235 e. The van der Waals surface area contributed by atoms with Gasteiger partial charge in [-0.15, -0.1) is 0 Å². The van der Waals surface area contributed by atoms with Gasteiger partial charge in [0.25, 0.3) is 0 Å². The molecule has 0 amide bonds. The molecule has 1 saturated heterocycles. The maximum atomic E-state index is 13.2. The predicted octanol–water partition coefficient (Wildman–Crippen LogP) is 3.42. The summed E-state index contributed by atoms with van der Waals surface area (Å²) in [5, 5.41) is 10.9. The zero-order chi connectivity index (χ0) is 21.3. The first-order valence-corrected chi connectivity index (χ1v) is 10.4. The van der Waals surface area contributed by atoms with Crippen molar-refractivity contribution in [3.8, 4) is 23.0 Å². The molecule has 0 radical (unpaired) electrons. The first-order chi connectivity index (χ1) is 14.5. The summed E-state index contributed by atoms with van der Waals surface area (Å²) >= 11 is 0. The molecular formula is C24H28NO5+. The van der Waals surface area contributed by atoms with Crippen LogP contribution in [0.25, 0.3) is 11.0 Å². The molecule has 30 heavy (non-hydrogen) atoms. The zero-order valence-corrected chi connectivity index (χ0v) is 17.7. The van der Waals surface area contributed by atoms with Crippen LogP contribution in [0.3, 0.4) is 0 Å². The summed E-state index contributed by atoms with van der Waals surface area (Å²) in [5.74, 6) is 2.60. The fraction of sp³-hybridized carbons (Fsp3) is 0.375. The fourth-order valence-corrected chi connectivity index (χ4v) is 4.25. The Morgan fingerprint density at radius 1 is 1.17 bits per heavy atom. The molecule has 6 nitrogen and oxygen atoms in total. The molecule has 2 N–H and O–H groups in total. The van der Waals surface area contributed by atoms with E-state index >= 15 is 0 Å². The Morgan fingerprint density at radius 3 is 2.60 bits per heavy atom. The topological polar surface area (TPSA) is 73.3 Å². The molecule has 0 saturated carbocycles. The van der Waals surface area contributed by atoms with E-state index in [2.05, 4.69) is 6.92 Å². The van der Waals surface area contributed by atoms with Gasteiger partial charge in [-0.1, -0.05) is 6.92 Å². The van der Waals surface area contributed by atoms with Crippen LogP contribution in [0.15, 0.2) is 45.6 Å². The molecule has 2 aromatic carbocycles. The third-order valence-corrected chi connectivity index (χ3v) is 5.83. The maximum absolute atomic E-state index is 13.2. The smallest absolute Gasteiger partial charge is 0.235 e. The summed E-state index contributed by atoms with van der Waals surface area (Å²) in [4.78, 5) is 14.6. The van der Waals surface area contributed by atoms with Gasteiger partial charge in [0.2, 0.25) is 11.2 Å². The number of nitrogens with one attached hydrogen (secondary N) is 1. The van der Waals surface area contributed by atoms with Crippen molar-refractivity contribution < 1.29 is 23.9 Å². The van der Waals surface area contributed by atoms with Crippen molar-refractivity contribution >= 4 is 11.0 Å². The van der Waals surface area contributed by atoms with Gasteiger partial charge in [-0.25, -0.2) is 0 Å². The van der Waals surface area contributed by atoms with E-state index in [9.17, 15) is 9.90 Å². The lowest BCUT2D eigenvalue weighted by atomic mass is 9.99. The van der Waals surface area contributed by atoms with Gasteiger partial charge in [0.15, 0.2) is 5.58 Å². The lowest BCUT2D eigenvalue weighted by Gasteiger charge is -2.28. The summed E-state index contributed by atoms with van der Waals surface area (Å²) in [6, 6.07) is 10.2. The first kappa shape index (κ1) is 20.3. The van der Waals surface area contributed by atoms with Crippen molar-refractivity contribution in [3.63, 3.8) is 0 Å². The Kier molecular flexibility index (Phi) is 5.68. The number of likely N-dealkylation sites (tertiary alicyclic amines) is 1. The van der Waals surface area contributed by atoms with Gasteiger partial charge in [0, 0.05) is 5.92 Å². The number of benzene rings is 2. The number of fused-ring (bicyclic) bond motifs is 1. The molecule has 158 valence electrons. The Labute approximate surface area is 175 Å². The van der Waals surface area contributed by atoms with Crippen molar-refractivity contribution in [3.05, 3.63) is 57.9 Å². The van der Waals surface area contributed by atoms with Crippen molar-refractivity contribution in [2.75, 3.05) is 20.2 Å². The number of hydrogen-bond donors (Lipinski definition) is 2. The second kappa shape index (κ2) is 8.40. The SMILES string of the molecule is COc1ccc(Oc2c(C)oc3c(C[NH+]4CCC[C@H](C)C4)c(O)ccc3c2=O)cc1. The van der Waals surface area contributed by atoms with Crippen LogP contribution >= 0.6 is 0 Å². The number of quaternary nitrogens is 1. The molecule has 0 spiro atoms. The zero-order valence-electron chi connectivity index (χ0n) is 17.7. The molecule has 1 aliphatic rings. The summed E-state index contributed by atoms with van der Waals surface area (Å²) < 4.78 is 17.1. The minimum Gasteiger partial charge on any atom is -0.507 e. The third kappa shape index (κ3) is 4.00. The van der Waals surface area contributed by atoms with E-state index in [1.165, 1.54) is 17.7 Å². The Hall–Kier alpha value is -2.99. The molecule has 1 aliphatic heterocycles. The first-order valence-electron chi connectivity index (χ1n) is 10.4. The molecule has 1 fully saturated rings. The number of aromatic hydroxyl groups is 1. The normalized spacial score (nSPS) is 19.0. The summed E-state index contributed by atoms with van der Waals surface area (Å²) in [6.45, 7) is 6.72. The standard InChI is InChI=1S/C24H27NO5/c1-15-5-4-12-25(13-15)14-20-21(26)11-10-19-22(27)23(16(2)29-24(19)20)30-18-8-6-17(28-3)7-9-18/h6-11,15,26H,4-5,12-14H2,1-3H3/p+1/t15-/m0/s1. The lowest BCUT2D eigenvalue weighted by Crippen LogP contribution is -3.12. The largest absolute Gasteiger partial charge is 0.507 e. The van der Waals surface area contributed by atoms with Gasteiger partial charge in [0.1, 0.15) is 29.6 Å². The highest BCUT2D eigenvalue weighted by atomic mass is 16.5. The molecule has 1 aromatic heterocycles. The van der Waals surface area contributed by atoms with Crippen LogP contribution < -0.4 is 19.8 Å². The monoisotopic (exact) mass is 410 g/mol. The van der Waals surface area contributed by atoms with E-state index in [0.29, 0.717) is 46.3 Å². The van der Waals surface area contributed by atoms with Crippen LogP contribution in [-0.2, 0) is 6.54 Å². The number of phenolic OH excluding ortho intramolecular Hbond substituents is 1. The van der Waals surface area contributed by atoms with Gasteiger partial charge in [-0.2, -0.15) is 0 Å². The van der Waals surface area contributed by atoms with E-state index in [4.69, 9.17) is 13.9 Å². The van der Waals surface area contributed by atoms with E-state index in [-0.39, 0.29) is 16.9 Å². The molecular weight excluding hydrogens is 382 g/mol. The molecule has 4 rings (SSSR count). The highest BCUT2D eigenvalue weighted by Crippen LogP contribution is 2.31. The van der Waals surface area contributed by atoms with Crippen LogP contribution in [0.1, 0.15) is 31.1 Å². The van der Waals surface area contributed by atoms with Crippen LogP contribution in [0, 0.1) is 12.8 Å². The lowest BCUT2D eigenvalue weighted by molar-refractivity contribution is -0.922. The van der Waals surface area contributed by atoms with Gasteiger partial charge < -0.3 is 23.9 Å². The predicted molar refractivity (Wildman–Crippen MR) is 115 cm³/mol. The summed E-state index contributed by atoms with van der Waals surface area (Å²) in [6.07, 6.45) is 2.41. The van der Waals surface area contributed by atoms with E-state index in [0.717, 1.165) is 13.1 Å². The van der Waals surface area contributed by atoms with Crippen molar-refractivity contribution in [1.29, 1.82) is 0 Å². The fourth-order valence-electron chi connectivity index (χ4n) is 4.25. The van der Waals surface area contributed by atoms with Crippen LogP contribution in [-0.4, -0.2) is 25.3 Å². The van der Waals surface area contributed by atoms with Gasteiger partial charge >= 0.3 is 0 Å². The van der Waals surface area contributed by atoms with E-state index in [1.807, 2.05) is 0 Å². The second-order valence-electron chi connectivity index (χ2n) is 8.16. The minimum absolute atomic E-state index is 0.156. The number of piperidine rings is 1. The molecule has 3 aromatic rings. The number of methoxy groups -OCH3 is 1. The number of phenols is 1. The van der Waals surface area contributed by atoms with Gasteiger partial charge in [0.05, 0.1) is 31.1 Å². The van der Waals surface area contributed by atoms with E-state index in [1.54, 1.807) is 50.4 Å². The molecule has 2 atom stereocenters. The minimum atomic E-state index is -0.243. The number of aryl methyl sites for hydroxylation is 1. The third-order valence-electron chi connectivity index (χ3n) is 5.83. The highest BCUT2D eigenvalue weighted by Gasteiger charge is 2.24. The average Bonchev–Trinajstić information content (AvgIpc) is 2.74. The molecule has 6 heteroatoms. The number of rotatable bonds is 5. The molecule has 2 heterocycles. The van der Waals surface area contributed by atoms with Crippen LogP contribution in [0.5, 0.6) is 23.0 Å². The molecule has 1 unspecified atom stereocenters. The van der Waals surface area contributed by atoms with Gasteiger partial charge in [-0.05, 0) is 56.2 Å². The van der Waals surface area contributed by atoms with Crippen molar-refractivity contribution in [2.45, 2.75) is 33.2 Å². The number of hydrogen-bond acceptors (Lipinski definition) is 5. The summed E-state index contributed by atoms with van der Waals surface area (Å²) in [7, 11) is 1.59. The van der Waals surface area contributed by atoms with Crippen LogP contribution in [0.2, 0.25) is 0 Å². The quantitative estimate of drug-likeness (QED) is 0.674. The molecule has 0 bridgehead atoms. The van der Waals surface area contributed by atoms with Crippen LogP contribution in [0.4, 0.5) is 0 Å². The Bertz CT molecular complexity index is 1100. The van der Waals surface area contributed by atoms with Crippen molar-refractivity contribution in [2.24, 2.45) is 5.92 Å². The number of ether oxygens (including phenoxy) is 2. The highest BCUT2D eigenvalue weighted by molar-refractivity contribution is 5.83.